The SMILES string of the molecule is N#Cc1ccc(C(c2ccc(C#N)cc2)C2N=CN=N2)cc1. The molecule has 1 aliphatic heterocycles. The van der Waals surface area contributed by atoms with Crippen LogP contribution in [0.3, 0.4) is 0 Å². The monoisotopic (exact) mass is 285 g/mol. The van der Waals surface area contributed by atoms with Gasteiger partial charge < -0.3 is 0 Å². The number of hydrogen-bond donors (Lipinski definition) is 0. The molecule has 22 heavy (non-hydrogen) atoms. The van der Waals surface area contributed by atoms with Crippen LogP contribution in [0.2, 0.25) is 0 Å². The first-order valence-corrected chi connectivity index (χ1v) is 6.73. The molecule has 104 valence electrons. The number of benzene rings is 2. The summed E-state index contributed by atoms with van der Waals surface area (Å²) in [5.74, 6) is -0.0945. The summed E-state index contributed by atoms with van der Waals surface area (Å²) >= 11 is 0. The van der Waals surface area contributed by atoms with Gasteiger partial charge in [-0.2, -0.15) is 15.6 Å². The molecule has 0 aliphatic carbocycles. The molecule has 5 nitrogen and oxygen atoms in total. The third-order valence-electron chi connectivity index (χ3n) is 3.55. The number of hydrogen-bond acceptors (Lipinski definition) is 5. The molecule has 3 rings (SSSR count). The Hall–Kier alpha value is -3.31. The molecule has 2 aromatic carbocycles. The van der Waals surface area contributed by atoms with Crippen molar-refractivity contribution in [2.24, 2.45) is 15.2 Å². The van der Waals surface area contributed by atoms with E-state index in [0.29, 0.717) is 11.1 Å². The molecule has 0 N–H and O–H groups in total. The smallest absolute Gasteiger partial charge is 0.173 e. The minimum Gasteiger partial charge on any atom is -0.242 e. The maximum Gasteiger partial charge on any atom is 0.173 e. The lowest BCUT2D eigenvalue weighted by molar-refractivity contribution is 0.620. The first-order chi connectivity index (χ1) is 10.8. The topological polar surface area (TPSA) is 84.7 Å². The Morgan fingerprint density at radius 2 is 1.32 bits per heavy atom. The summed E-state index contributed by atoms with van der Waals surface area (Å²) in [5, 5.41) is 25.8. The normalized spacial score (nSPS) is 15.7. The molecule has 0 aromatic heterocycles. The molecule has 5 heteroatoms. The summed E-state index contributed by atoms with van der Waals surface area (Å²) in [7, 11) is 0. The van der Waals surface area contributed by atoms with Crippen molar-refractivity contribution in [2.45, 2.75) is 12.1 Å². The zero-order chi connectivity index (χ0) is 15.4. The minimum absolute atomic E-state index is 0.0945. The van der Waals surface area contributed by atoms with E-state index in [9.17, 15) is 0 Å². The van der Waals surface area contributed by atoms with Crippen LogP contribution in [0.4, 0.5) is 0 Å². The molecule has 0 fully saturated rings. The lowest BCUT2D eigenvalue weighted by atomic mass is 9.88. The van der Waals surface area contributed by atoms with Crippen LogP contribution in [-0.2, 0) is 0 Å². The molecular weight excluding hydrogens is 274 g/mol. The Morgan fingerprint density at radius 3 is 1.68 bits per heavy atom. The van der Waals surface area contributed by atoms with Crippen LogP contribution in [0.15, 0.2) is 63.8 Å². The lowest BCUT2D eigenvalue weighted by Crippen LogP contribution is -2.14. The predicted molar refractivity (Wildman–Crippen MR) is 81.3 cm³/mol. The lowest BCUT2D eigenvalue weighted by Gasteiger charge is -2.20. The van der Waals surface area contributed by atoms with Crippen LogP contribution in [0.5, 0.6) is 0 Å². The van der Waals surface area contributed by atoms with Crippen LogP contribution in [0.25, 0.3) is 0 Å². The fraction of sp³-hybridized carbons (Fsp3) is 0.118. The molecular formula is C17H11N5. The first kappa shape index (κ1) is 13.7. The van der Waals surface area contributed by atoms with Crippen LogP contribution < -0.4 is 0 Å². The van der Waals surface area contributed by atoms with Crippen molar-refractivity contribution in [3.8, 4) is 12.1 Å². The van der Waals surface area contributed by atoms with Gasteiger partial charge in [-0.1, -0.05) is 24.3 Å². The van der Waals surface area contributed by atoms with Crippen LogP contribution >= 0.6 is 0 Å². The van der Waals surface area contributed by atoms with E-state index >= 15 is 0 Å². The van der Waals surface area contributed by atoms with E-state index in [1.165, 1.54) is 6.34 Å². The van der Waals surface area contributed by atoms with Gasteiger partial charge in [0, 0.05) is 0 Å². The number of aliphatic imine (C=N–C) groups is 1. The minimum atomic E-state index is -0.319. The Labute approximate surface area is 127 Å². The third-order valence-corrected chi connectivity index (χ3v) is 3.55. The second-order valence-electron chi connectivity index (χ2n) is 4.85. The summed E-state index contributed by atoms with van der Waals surface area (Å²) < 4.78 is 0. The van der Waals surface area contributed by atoms with Crippen LogP contribution in [0.1, 0.15) is 28.2 Å². The highest BCUT2D eigenvalue weighted by Gasteiger charge is 2.26. The van der Waals surface area contributed by atoms with Gasteiger partial charge in [-0.3, -0.25) is 0 Å². The number of rotatable bonds is 3. The van der Waals surface area contributed by atoms with E-state index in [1.807, 2.05) is 24.3 Å². The maximum atomic E-state index is 8.92. The van der Waals surface area contributed by atoms with Crippen molar-refractivity contribution < 1.29 is 0 Å². The largest absolute Gasteiger partial charge is 0.242 e. The van der Waals surface area contributed by atoms with Gasteiger partial charge in [-0.25, -0.2) is 4.99 Å². The molecule has 2 aromatic rings. The Morgan fingerprint density at radius 1 is 0.818 bits per heavy atom. The molecule has 1 unspecified atom stereocenters. The number of azo groups is 1. The summed E-state index contributed by atoms with van der Waals surface area (Å²) in [5.41, 5.74) is 3.23. The van der Waals surface area contributed by atoms with Crippen LogP contribution in [0, 0.1) is 22.7 Å². The first-order valence-electron chi connectivity index (χ1n) is 6.73. The van der Waals surface area contributed by atoms with E-state index in [4.69, 9.17) is 10.5 Å². The molecule has 0 radical (unpaired) electrons. The van der Waals surface area contributed by atoms with E-state index in [-0.39, 0.29) is 12.1 Å². The molecule has 0 saturated carbocycles. The van der Waals surface area contributed by atoms with Crippen molar-refractivity contribution in [2.75, 3.05) is 0 Å². The number of nitriles is 2. The fourth-order valence-electron chi connectivity index (χ4n) is 2.45. The van der Waals surface area contributed by atoms with Crippen molar-refractivity contribution in [1.82, 2.24) is 0 Å². The Kier molecular flexibility index (Phi) is 3.72. The molecule has 0 saturated heterocycles. The average molecular weight is 285 g/mol. The Bertz CT molecular complexity index is 735. The third kappa shape index (κ3) is 2.61. The van der Waals surface area contributed by atoms with Gasteiger partial charge in [0.25, 0.3) is 0 Å². The van der Waals surface area contributed by atoms with Crippen molar-refractivity contribution in [1.29, 1.82) is 10.5 Å². The highest BCUT2D eigenvalue weighted by molar-refractivity contribution is 5.57. The average Bonchev–Trinajstić information content (AvgIpc) is 3.10. The Balaban J connectivity index is 2.02. The van der Waals surface area contributed by atoms with Crippen molar-refractivity contribution >= 4 is 6.34 Å². The summed E-state index contributed by atoms with van der Waals surface area (Å²) in [6, 6.07) is 19.0. The van der Waals surface area contributed by atoms with Gasteiger partial charge in [0.05, 0.1) is 29.2 Å². The molecule has 1 heterocycles. The van der Waals surface area contributed by atoms with Crippen LogP contribution in [-0.4, -0.2) is 12.5 Å². The van der Waals surface area contributed by atoms with Gasteiger partial charge in [0.15, 0.2) is 6.17 Å². The highest BCUT2D eigenvalue weighted by atomic mass is 15.3. The van der Waals surface area contributed by atoms with E-state index < -0.39 is 0 Å². The van der Waals surface area contributed by atoms with E-state index in [1.54, 1.807) is 24.3 Å². The summed E-state index contributed by atoms with van der Waals surface area (Å²) in [6.07, 6.45) is 1.13. The van der Waals surface area contributed by atoms with E-state index in [0.717, 1.165) is 11.1 Å². The van der Waals surface area contributed by atoms with Gasteiger partial charge >= 0.3 is 0 Å². The zero-order valence-corrected chi connectivity index (χ0v) is 11.6. The molecule has 0 bridgehead atoms. The fourth-order valence-corrected chi connectivity index (χ4v) is 2.45. The quantitative estimate of drug-likeness (QED) is 0.865. The highest BCUT2D eigenvalue weighted by Crippen LogP contribution is 2.32. The summed E-state index contributed by atoms with van der Waals surface area (Å²) in [4.78, 5) is 4.29. The second-order valence-corrected chi connectivity index (χ2v) is 4.85. The standard InChI is InChI=1S/C17H11N5/c18-9-12-1-5-14(6-2-12)16(17-20-11-21-22-17)15-7-3-13(10-19)4-8-15/h1-8,11,16-17H. The zero-order valence-electron chi connectivity index (χ0n) is 11.6. The molecule has 0 amide bonds. The van der Waals surface area contributed by atoms with Gasteiger partial charge in [0.1, 0.15) is 6.34 Å². The molecule has 1 atom stereocenters. The van der Waals surface area contributed by atoms with Crippen molar-refractivity contribution in [3.63, 3.8) is 0 Å². The summed E-state index contributed by atoms with van der Waals surface area (Å²) in [6.45, 7) is 0. The maximum absolute atomic E-state index is 8.92. The molecule has 0 spiro atoms. The van der Waals surface area contributed by atoms with Crippen molar-refractivity contribution in [3.05, 3.63) is 70.8 Å². The van der Waals surface area contributed by atoms with Gasteiger partial charge in [0.2, 0.25) is 0 Å². The molecule has 1 aliphatic rings. The second kappa shape index (κ2) is 5.99. The van der Waals surface area contributed by atoms with Gasteiger partial charge in [-0.05, 0) is 35.4 Å². The van der Waals surface area contributed by atoms with Gasteiger partial charge in [-0.15, -0.1) is 5.11 Å². The predicted octanol–water partition coefficient (Wildman–Crippen LogP) is 3.38. The van der Waals surface area contributed by atoms with E-state index in [2.05, 4.69) is 27.4 Å². The number of nitrogens with zero attached hydrogens (tertiary/aromatic N) is 5.